The number of aromatic amines is 1. The summed E-state index contributed by atoms with van der Waals surface area (Å²) in [5.74, 6) is 0.409. The van der Waals surface area contributed by atoms with Gasteiger partial charge < -0.3 is 19.8 Å². The highest BCUT2D eigenvalue weighted by Crippen LogP contribution is 2.30. The first-order valence-corrected chi connectivity index (χ1v) is 6.60. The molecule has 0 aromatic carbocycles. The summed E-state index contributed by atoms with van der Waals surface area (Å²) in [4.78, 5) is 24.7. The fraction of sp³-hybridized carbons (Fsp3) is 0.583. The lowest BCUT2D eigenvalue weighted by Crippen LogP contribution is -2.24. The van der Waals surface area contributed by atoms with Gasteiger partial charge in [-0.1, -0.05) is 0 Å². The van der Waals surface area contributed by atoms with Crippen LogP contribution in [0.4, 0.5) is 5.95 Å². The second-order valence-electron chi connectivity index (χ2n) is 5.22. The average molecular weight is 295 g/mol. The van der Waals surface area contributed by atoms with Crippen LogP contribution in [0.5, 0.6) is 0 Å². The van der Waals surface area contributed by atoms with E-state index in [1.165, 1.54) is 6.33 Å². The van der Waals surface area contributed by atoms with Gasteiger partial charge in [-0.25, -0.2) is 4.98 Å². The first kappa shape index (κ1) is 14.0. The lowest BCUT2D eigenvalue weighted by Gasteiger charge is -2.15. The number of anilines is 1. The number of rotatable bonds is 3. The SMILES string of the molecule is CN(C)c1nc2c(ncn2[C@H]2C[C@H](O)[C@@H](CO)O2)c(=O)[nH]1. The highest BCUT2D eigenvalue weighted by atomic mass is 16.5. The zero-order chi connectivity index (χ0) is 15.1. The van der Waals surface area contributed by atoms with Gasteiger partial charge in [0, 0.05) is 20.5 Å². The third kappa shape index (κ3) is 2.28. The van der Waals surface area contributed by atoms with Crippen molar-refractivity contribution in [3.05, 3.63) is 16.7 Å². The maximum absolute atomic E-state index is 12.0. The molecule has 1 aliphatic heterocycles. The summed E-state index contributed by atoms with van der Waals surface area (Å²) >= 11 is 0. The molecule has 0 radical (unpaired) electrons. The molecule has 0 spiro atoms. The first-order chi connectivity index (χ1) is 10.0. The molecule has 9 nitrogen and oxygen atoms in total. The lowest BCUT2D eigenvalue weighted by atomic mass is 10.2. The van der Waals surface area contributed by atoms with Crippen molar-refractivity contribution in [2.75, 3.05) is 25.6 Å². The molecule has 21 heavy (non-hydrogen) atoms. The van der Waals surface area contributed by atoms with Crippen LogP contribution in [0.15, 0.2) is 11.1 Å². The van der Waals surface area contributed by atoms with Gasteiger partial charge in [0.05, 0.1) is 19.0 Å². The first-order valence-electron chi connectivity index (χ1n) is 6.60. The zero-order valence-corrected chi connectivity index (χ0v) is 11.7. The molecule has 3 N–H and O–H groups in total. The summed E-state index contributed by atoms with van der Waals surface area (Å²) in [5.41, 5.74) is 0.268. The Labute approximate surface area is 119 Å². The molecule has 1 saturated heterocycles. The summed E-state index contributed by atoms with van der Waals surface area (Å²) in [6, 6.07) is 0. The number of imidazole rings is 1. The Bertz CT molecular complexity index is 709. The zero-order valence-electron chi connectivity index (χ0n) is 11.7. The van der Waals surface area contributed by atoms with Crippen molar-refractivity contribution in [2.24, 2.45) is 0 Å². The quantitative estimate of drug-likeness (QED) is 0.653. The molecule has 2 aromatic rings. The van der Waals surface area contributed by atoms with Crippen molar-refractivity contribution in [3.63, 3.8) is 0 Å². The molecular formula is C12H17N5O4. The Balaban J connectivity index is 2.06. The number of nitrogens with one attached hydrogen (secondary N) is 1. The Morgan fingerprint density at radius 1 is 1.57 bits per heavy atom. The van der Waals surface area contributed by atoms with Crippen molar-refractivity contribution in [1.29, 1.82) is 0 Å². The van der Waals surface area contributed by atoms with E-state index < -0.39 is 18.4 Å². The normalized spacial score (nSPS) is 25.6. The number of H-pyrrole nitrogens is 1. The number of nitrogens with zero attached hydrogens (tertiary/aromatic N) is 4. The van der Waals surface area contributed by atoms with Crippen molar-refractivity contribution in [3.8, 4) is 0 Å². The summed E-state index contributed by atoms with van der Waals surface area (Å²) in [7, 11) is 3.53. The maximum Gasteiger partial charge on any atom is 0.280 e. The Morgan fingerprint density at radius 3 is 2.95 bits per heavy atom. The molecule has 0 unspecified atom stereocenters. The van der Waals surface area contributed by atoms with Crippen LogP contribution in [-0.2, 0) is 4.74 Å². The van der Waals surface area contributed by atoms with Crippen LogP contribution < -0.4 is 10.5 Å². The molecule has 3 heterocycles. The summed E-state index contributed by atoms with van der Waals surface area (Å²) < 4.78 is 7.18. The number of hydrogen-bond acceptors (Lipinski definition) is 7. The Hall–Kier alpha value is -1.97. The van der Waals surface area contributed by atoms with Crippen LogP contribution in [-0.4, -0.2) is 62.6 Å². The van der Waals surface area contributed by atoms with Gasteiger partial charge >= 0.3 is 0 Å². The fourth-order valence-corrected chi connectivity index (χ4v) is 2.39. The maximum atomic E-state index is 12.0. The molecular weight excluding hydrogens is 278 g/mol. The molecule has 3 atom stereocenters. The molecule has 0 bridgehead atoms. The topological polar surface area (TPSA) is 116 Å². The van der Waals surface area contributed by atoms with Gasteiger partial charge in [-0.15, -0.1) is 0 Å². The summed E-state index contributed by atoms with van der Waals surface area (Å²) in [6.07, 6.45) is -0.131. The molecule has 3 rings (SSSR count). The highest BCUT2D eigenvalue weighted by Gasteiger charge is 2.35. The largest absolute Gasteiger partial charge is 0.394 e. The number of ether oxygens (including phenoxy) is 1. The second-order valence-corrected chi connectivity index (χ2v) is 5.22. The van der Waals surface area contributed by atoms with Gasteiger partial charge in [0.1, 0.15) is 12.3 Å². The fourth-order valence-electron chi connectivity index (χ4n) is 2.39. The van der Waals surface area contributed by atoms with Gasteiger partial charge in [0.2, 0.25) is 5.95 Å². The molecule has 9 heteroatoms. The number of aliphatic hydroxyl groups is 2. The number of fused-ring (bicyclic) bond motifs is 1. The van der Waals surface area contributed by atoms with E-state index in [9.17, 15) is 9.90 Å². The number of aliphatic hydroxyl groups excluding tert-OH is 2. The molecule has 0 saturated carbocycles. The predicted octanol–water partition coefficient (Wildman–Crippen LogP) is -1.17. The van der Waals surface area contributed by atoms with Gasteiger partial charge in [0.25, 0.3) is 5.56 Å². The van der Waals surface area contributed by atoms with Crippen LogP contribution in [0.3, 0.4) is 0 Å². The molecule has 1 fully saturated rings. The van der Waals surface area contributed by atoms with E-state index in [4.69, 9.17) is 9.84 Å². The molecule has 1 aliphatic rings. The minimum absolute atomic E-state index is 0.214. The average Bonchev–Trinajstić information content (AvgIpc) is 3.01. The van der Waals surface area contributed by atoms with E-state index >= 15 is 0 Å². The number of hydrogen-bond donors (Lipinski definition) is 3. The van der Waals surface area contributed by atoms with Gasteiger partial charge in [-0.2, -0.15) is 4.98 Å². The van der Waals surface area contributed by atoms with E-state index in [-0.39, 0.29) is 17.7 Å². The Morgan fingerprint density at radius 2 is 2.33 bits per heavy atom. The predicted molar refractivity (Wildman–Crippen MR) is 74.1 cm³/mol. The third-order valence-corrected chi connectivity index (χ3v) is 3.54. The monoisotopic (exact) mass is 295 g/mol. The molecule has 2 aromatic heterocycles. The second kappa shape index (κ2) is 5.10. The minimum atomic E-state index is -0.757. The van der Waals surface area contributed by atoms with E-state index in [2.05, 4.69) is 15.0 Å². The van der Waals surface area contributed by atoms with Crippen LogP contribution >= 0.6 is 0 Å². The van der Waals surface area contributed by atoms with Crippen LogP contribution in [0, 0.1) is 0 Å². The molecule has 114 valence electrons. The Kier molecular flexibility index (Phi) is 3.40. The standard InChI is InChI=1S/C12H17N5O4/c1-16(2)12-14-10-9(11(20)15-12)13-5-17(10)8-3-6(19)7(4-18)21-8/h5-8,18-19H,3-4H2,1-2H3,(H,14,15,20)/t6-,7+,8+/m0/s1. The van der Waals surface area contributed by atoms with Gasteiger partial charge in [-0.05, 0) is 0 Å². The van der Waals surface area contributed by atoms with Crippen LogP contribution in [0.25, 0.3) is 11.2 Å². The van der Waals surface area contributed by atoms with E-state index in [1.54, 1.807) is 23.6 Å². The van der Waals surface area contributed by atoms with Crippen molar-refractivity contribution in [2.45, 2.75) is 24.9 Å². The van der Waals surface area contributed by atoms with Crippen LogP contribution in [0.1, 0.15) is 12.6 Å². The minimum Gasteiger partial charge on any atom is -0.394 e. The number of aromatic nitrogens is 4. The van der Waals surface area contributed by atoms with Gasteiger partial charge in [0.15, 0.2) is 11.2 Å². The molecule has 0 aliphatic carbocycles. The summed E-state index contributed by atoms with van der Waals surface area (Å²) in [6.45, 7) is -0.263. The van der Waals surface area contributed by atoms with Crippen LogP contribution in [0.2, 0.25) is 0 Å². The summed E-state index contributed by atoms with van der Waals surface area (Å²) in [5, 5.41) is 19.0. The highest BCUT2D eigenvalue weighted by molar-refractivity contribution is 5.71. The van der Waals surface area contributed by atoms with E-state index in [0.717, 1.165) is 0 Å². The molecule has 0 amide bonds. The van der Waals surface area contributed by atoms with Crippen molar-refractivity contribution >= 4 is 17.1 Å². The van der Waals surface area contributed by atoms with E-state index in [0.29, 0.717) is 18.0 Å². The third-order valence-electron chi connectivity index (χ3n) is 3.54. The van der Waals surface area contributed by atoms with Crippen molar-refractivity contribution < 1.29 is 14.9 Å². The van der Waals surface area contributed by atoms with E-state index in [1.807, 2.05) is 0 Å². The van der Waals surface area contributed by atoms with Gasteiger partial charge in [-0.3, -0.25) is 14.3 Å². The van der Waals surface area contributed by atoms with Crippen molar-refractivity contribution in [1.82, 2.24) is 19.5 Å². The smallest absolute Gasteiger partial charge is 0.280 e. The lowest BCUT2D eigenvalue weighted by molar-refractivity contribution is -0.0432.